The molecule has 4 rings (SSSR count). The van der Waals surface area contributed by atoms with Crippen LogP contribution >= 0.6 is 0 Å². The Bertz CT molecular complexity index is 1140. The summed E-state index contributed by atoms with van der Waals surface area (Å²) in [6, 6.07) is 6.10. The Morgan fingerprint density at radius 2 is 1.88 bits per heavy atom. The van der Waals surface area contributed by atoms with E-state index in [4.69, 9.17) is 16.2 Å². The minimum atomic E-state index is -0.623. The lowest BCUT2D eigenvalue weighted by atomic mass is 9.91. The number of amides is 1. The van der Waals surface area contributed by atoms with E-state index >= 15 is 0 Å². The summed E-state index contributed by atoms with van der Waals surface area (Å²) in [6.45, 7) is 1.89. The van der Waals surface area contributed by atoms with Crippen LogP contribution in [-0.4, -0.2) is 45.0 Å². The number of anilines is 3. The lowest BCUT2D eigenvalue weighted by molar-refractivity contribution is 0.0996. The molecule has 0 spiro atoms. The number of hydrogen-bond donors (Lipinski definition) is 4. The van der Waals surface area contributed by atoms with Crippen molar-refractivity contribution < 1.29 is 9.53 Å². The van der Waals surface area contributed by atoms with Crippen LogP contribution in [0.4, 0.5) is 17.2 Å². The molecule has 33 heavy (non-hydrogen) atoms. The molecule has 3 aromatic rings. The first-order chi connectivity index (χ1) is 15.9. The van der Waals surface area contributed by atoms with E-state index in [1.54, 1.807) is 18.6 Å². The molecule has 10 heteroatoms. The molecule has 0 aromatic carbocycles. The van der Waals surface area contributed by atoms with Gasteiger partial charge in [0.05, 0.1) is 24.7 Å². The highest BCUT2D eigenvalue weighted by atomic mass is 16.5. The average Bonchev–Trinajstić information content (AvgIpc) is 2.81. The molecule has 10 nitrogen and oxygen atoms in total. The Hall–Kier alpha value is -3.79. The van der Waals surface area contributed by atoms with Crippen molar-refractivity contribution in [2.24, 2.45) is 11.5 Å². The van der Waals surface area contributed by atoms with E-state index in [0.717, 1.165) is 48.2 Å². The summed E-state index contributed by atoms with van der Waals surface area (Å²) in [5.74, 6) is -0.0661. The molecule has 0 radical (unpaired) electrons. The summed E-state index contributed by atoms with van der Waals surface area (Å²) >= 11 is 0. The number of aromatic nitrogens is 4. The van der Waals surface area contributed by atoms with E-state index in [-0.39, 0.29) is 17.8 Å². The predicted octanol–water partition coefficient (Wildman–Crippen LogP) is 2.77. The van der Waals surface area contributed by atoms with Crippen LogP contribution in [0.25, 0.3) is 11.1 Å². The third-order valence-electron chi connectivity index (χ3n) is 5.76. The van der Waals surface area contributed by atoms with Gasteiger partial charge in [0.25, 0.3) is 5.91 Å². The van der Waals surface area contributed by atoms with Crippen LogP contribution in [-0.2, 0) is 0 Å². The number of rotatable bonds is 7. The van der Waals surface area contributed by atoms with Gasteiger partial charge in [0.1, 0.15) is 5.82 Å². The molecule has 1 amide bonds. The maximum atomic E-state index is 12.0. The maximum absolute atomic E-state index is 12.0. The Morgan fingerprint density at radius 1 is 1.12 bits per heavy atom. The zero-order chi connectivity index (χ0) is 23.4. The van der Waals surface area contributed by atoms with Gasteiger partial charge >= 0.3 is 6.01 Å². The maximum Gasteiger partial charge on any atom is 0.316 e. The minimum absolute atomic E-state index is 0.0878. The van der Waals surface area contributed by atoms with E-state index in [2.05, 4.69) is 30.6 Å². The van der Waals surface area contributed by atoms with Gasteiger partial charge in [0, 0.05) is 41.3 Å². The largest absolute Gasteiger partial charge is 0.467 e. The first kappa shape index (κ1) is 22.4. The first-order valence-corrected chi connectivity index (χ1v) is 10.9. The third-order valence-corrected chi connectivity index (χ3v) is 5.76. The topological polar surface area (TPSA) is 154 Å². The van der Waals surface area contributed by atoms with Crippen LogP contribution in [0.15, 0.2) is 36.8 Å². The van der Waals surface area contributed by atoms with E-state index in [9.17, 15) is 4.79 Å². The second-order valence-corrected chi connectivity index (χ2v) is 8.10. The van der Waals surface area contributed by atoms with Crippen molar-refractivity contribution in [3.8, 4) is 17.1 Å². The van der Waals surface area contributed by atoms with Gasteiger partial charge in [-0.05, 0) is 38.0 Å². The second kappa shape index (κ2) is 9.78. The average molecular weight is 449 g/mol. The highest BCUT2D eigenvalue weighted by molar-refractivity contribution is 5.97. The molecule has 0 unspecified atom stereocenters. The van der Waals surface area contributed by atoms with Crippen molar-refractivity contribution >= 4 is 23.1 Å². The SMILES string of the molecule is COc1ncc(-c2ccc(Nc3cc(N[C@@H]4CCCC[C@@H]4N)cnc3C(N)=O)nc2C)cn1. The fourth-order valence-electron chi connectivity index (χ4n) is 4.02. The predicted molar refractivity (Wildman–Crippen MR) is 126 cm³/mol. The number of pyridine rings is 2. The number of carbonyl (C=O) groups is 1. The highest BCUT2D eigenvalue weighted by Gasteiger charge is 2.22. The molecule has 2 atom stereocenters. The van der Waals surface area contributed by atoms with Crippen LogP contribution in [0.2, 0.25) is 0 Å². The lowest BCUT2D eigenvalue weighted by Crippen LogP contribution is -2.42. The van der Waals surface area contributed by atoms with Crippen molar-refractivity contribution in [1.29, 1.82) is 0 Å². The van der Waals surface area contributed by atoms with Gasteiger partial charge in [0.2, 0.25) is 0 Å². The molecule has 172 valence electrons. The Kier molecular flexibility index (Phi) is 6.64. The van der Waals surface area contributed by atoms with Crippen LogP contribution in [0, 0.1) is 6.92 Å². The van der Waals surface area contributed by atoms with Crippen LogP contribution < -0.4 is 26.8 Å². The van der Waals surface area contributed by atoms with Crippen LogP contribution in [0.5, 0.6) is 6.01 Å². The van der Waals surface area contributed by atoms with Crippen LogP contribution in [0.1, 0.15) is 41.9 Å². The Morgan fingerprint density at radius 3 is 2.55 bits per heavy atom. The van der Waals surface area contributed by atoms with Crippen molar-refractivity contribution in [2.75, 3.05) is 17.7 Å². The second-order valence-electron chi connectivity index (χ2n) is 8.10. The molecule has 0 aliphatic heterocycles. The molecule has 1 aliphatic carbocycles. The summed E-state index contributed by atoms with van der Waals surface area (Å²) in [5.41, 5.74) is 15.7. The quantitative estimate of drug-likeness (QED) is 0.427. The van der Waals surface area contributed by atoms with Crippen molar-refractivity contribution in [3.05, 3.63) is 48.2 Å². The highest BCUT2D eigenvalue weighted by Crippen LogP contribution is 2.28. The zero-order valence-electron chi connectivity index (χ0n) is 18.7. The Balaban J connectivity index is 1.57. The number of methoxy groups -OCH3 is 1. The number of aryl methyl sites for hydroxylation is 1. The van der Waals surface area contributed by atoms with Gasteiger partial charge in [0.15, 0.2) is 5.69 Å². The van der Waals surface area contributed by atoms with E-state index in [1.165, 1.54) is 7.11 Å². The zero-order valence-corrected chi connectivity index (χ0v) is 18.7. The number of ether oxygens (including phenoxy) is 1. The fraction of sp³-hybridized carbons (Fsp3) is 0.348. The first-order valence-electron chi connectivity index (χ1n) is 10.9. The van der Waals surface area contributed by atoms with Gasteiger partial charge in [-0.15, -0.1) is 0 Å². The van der Waals surface area contributed by atoms with Gasteiger partial charge < -0.3 is 26.8 Å². The van der Waals surface area contributed by atoms with Gasteiger partial charge in [-0.1, -0.05) is 12.8 Å². The minimum Gasteiger partial charge on any atom is -0.467 e. The Labute approximate surface area is 192 Å². The van der Waals surface area contributed by atoms with E-state index in [1.807, 2.05) is 25.1 Å². The molecular formula is C23H28N8O2. The normalized spacial score (nSPS) is 17.9. The number of nitrogens with zero attached hydrogens (tertiary/aromatic N) is 4. The fourth-order valence-corrected chi connectivity index (χ4v) is 4.02. The van der Waals surface area contributed by atoms with Crippen molar-refractivity contribution in [2.45, 2.75) is 44.7 Å². The number of nitrogens with one attached hydrogen (secondary N) is 2. The third kappa shape index (κ3) is 5.17. The molecule has 6 N–H and O–H groups in total. The van der Waals surface area contributed by atoms with Gasteiger partial charge in [-0.25, -0.2) is 19.9 Å². The van der Waals surface area contributed by atoms with E-state index in [0.29, 0.717) is 17.5 Å². The summed E-state index contributed by atoms with van der Waals surface area (Å²) in [5, 5.41) is 6.63. The summed E-state index contributed by atoms with van der Waals surface area (Å²) in [4.78, 5) is 29.2. The van der Waals surface area contributed by atoms with Gasteiger partial charge in [-0.2, -0.15) is 0 Å². The molecule has 3 aromatic heterocycles. The monoisotopic (exact) mass is 448 g/mol. The molecule has 0 saturated heterocycles. The lowest BCUT2D eigenvalue weighted by Gasteiger charge is -2.30. The van der Waals surface area contributed by atoms with Gasteiger partial charge in [-0.3, -0.25) is 4.79 Å². The smallest absolute Gasteiger partial charge is 0.316 e. The standard InChI is InChI=1S/C23H28N8O2/c1-13-16(14-10-27-23(33-2)28-11-14)7-8-20(29-13)31-19-9-15(12-26-21(19)22(25)32)30-18-6-4-3-5-17(18)24/h7-12,17-18,30H,3-6,24H2,1-2H3,(H2,25,32)(H,29,31)/t17-,18+/m0/s1. The molecule has 1 saturated carbocycles. The molecule has 0 bridgehead atoms. The number of primary amides is 1. The number of hydrogen-bond acceptors (Lipinski definition) is 9. The number of nitrogens with two attached hydrogens (primary N) is 2. The molecule has 1 aliphatic rings. The summed E-state index contributed by atoms with van der Waals surface area (Å²) in [6.07, 6.45) is 9.25. The number of carbonyl (C=O) groups excluding carboxylic acids is 1. The van der Waals surface area contributed by atoms with E-state index < -0.39 is 5.91 Å². The molecular weight excluding hydrogens is 420 g/mol. The molecule has 1 fully saturated rings. The van der Waals surface area contributed by atoms with Crippen molar-refractivity contribution in [1.82, 2.24) is 19.9 Å². The summed E-state index contributed by atoms with van der Waals surface area (Å²) < 4.78 is 5.01. The van der Waals surface area contributed by atoms with Crippen molar-refractivity contribution in [3.63, 3.8) is 0 Å². The molecule has 3 heterocycles. The summed E-state index contributed by atoms with van der Waals surface area (Å²) in [7, 11) is 1.52. The van der Waals surface area contributed by atoms with Crippen LogP contribution in [0.3, 0.4) is 0 Å².